The molecule has 2 heterocycles. The van der Waals surface area contributed by atoms with E-state index in [9.17, 15) is 4.79 Å². The summed E-state index contributed by atoms with van der Waals surface area (Å²) in [4.78, 5) is 19.5. The zero-order valence-electron chi connectivity index (χ0n) is 14.9. The van der Waals surface area contributed by atoms with Crippen molar-refractivity contribution < 1.29 is 18.7 Å². The number of methoxy groups -OCH3 is 1. The third-order valence-corrected chi connectivity index (χ3v) is 3.89. The van der Waals surface area contributed by atoms with Crippen molar-refractivity contribution in [3.8, 4) is 11.5 Å². The van der Waals surface area contributed by atoms with Crippen LogP contribution in [0.1, 0.15) is 16.1 Å². The number of aromatic nitrogens is 2. The first-order chi connectivity index (χ1) is 13.7. The first kappa shape index (κ1) is 17.3. The smallest absolute Gasteiger partial charge is 0.379 e. The fourth-order valence-corrected chi connectivity index (χ4v) is 2.57. The van der Waals surface area contributed by atoms with Crippen molar-refractivity contribution in [2.75, 3.05) is 12.5 Å². The third kappa shape index (κ3) is 3.70. The van der Waals surface area contributed by atoms with E-state index in [1.54, 1.807) is 30.5 Å². The Morgan fingerprint density at radius 2 is 2.07 bits per heavy atom. The van der Waals surface area contributed by atoms with Gasteiger partial charge in [-0.25, -0.2) is 15.2 Å². The second-order valence-electron chi connectivity index (χ2n) is 5.75. The number of nitrogens with zero attached hydrogens (tertiary/aromatic N) is 2. The number of benzene rings is 2. The molecule has 4 rings (SSSR count). The van der Waals surface area contributed by atoms with Gasteiger partial charge >= 0.3 is 5.97 Å². The minimum atomic E-state index is -0.601. The van der Waals surface area contributed by atoms with E-state index in [2.05, 4.69) is 20.5 Å². The maximum absolute atomic E-state index is 12.0. The largest absolute Gasteiger partial charge is 0.493 e. The number of ether oxygens (including phenoxy) is 2. The number of rotatable bonds is 6. The molecule has 0 aliphatic heterocycles. The van der Waals surface area contributed by atoms with Crippen LogP contribution in [0.4, 0.5) is 5.95 Å². The van der Waals surface area contributed by atoms with Gasteiger partial charge < -0.3 is 18.9 Å². The second kappa shape index (κ2) is 7.67. The van der Waals surface area contributed by atoms with Crippen LogP contribution in [-0.4, -0.2) is 29.3 Å². The van der Waals surface area contributed by atoms with Crippen LogP contribution in [0.3, 0.4) is 0 Å². The van der Waals surface area contributed by atoms with E-state index in [-0.39, 0.29) is 11.5 Å². The number of para-hydroxylation sites is 2. The zero-order valence-corrected chi connectivity index (χ0v) is 14.9. The van der Waals surface area contributed by atoms with Crippen molar-refractivity contribution in [2.24, 2.45) is 5.10 Å². The molecule has 2 aromatic carbocycles. The second-order valence-corrected chi connectivity index (χ2v) is 5.75. The van der Waals surface area contributed by atoms with E-state index in [1.165, 1.54) is 19.4 Å². The van der Waals surface area contributed by atoms with Gasteiger partial charge in [0, 0.05) is 0 Å². The average molecular weight is 376 g/mol. The minimum absolute atomic E-state index is 0.114. The van der Waals surface area contributed by atoms with Crippen LogP contribution >= 0.6 is 0 Å². The summed E-state index contributed by atoms with van der Waals surface area (Å²) in [5.41, 5.74) is 5.37. The first-order valence-corrected chi connectivity index (χ1v) is 8.40. The van der Waals surface area contributed by atoms with E-state index < -0.39 is 5.97 Å². The zero-order chi connectivity index (χ0) is 19.3. The SMILES string of the molecule is COc1cc(/C=N\Nc2nc3ccccc3[nH]2)ccc1OC(=O)c1ccco1. The molecule has 0 saturated heterocycles. The Morgan fingerprint density at radius 3 is 2.86 bits per heavy atom. The highest BCUT2D eigenvalue weighted by molar-refractivity contribution is 5.89. The Bertz CT molecular complexity index is 1100. The van der Waals surface area contributed by atoms with Crippen LogP contribution in [0.25, 0.3) is 11.0 Å². The molecular formula is C20H16N4O4. The topological polar surface area (TPSA) is 102 Å². The van der Waals surface area contributed by atoms with E-state index in [4.69, 9.17) is 13.9 Å². The predicted octanol–water partition coefficient (Wildman–Crippen LogP) is 3.83. The number of hydrogen-bond acceptors (Lipinski definition) is 7. The Morgan fingerprint density at radius 1 is 1.18 bits per heavy atom. The molecule has 0 aliphatic rings. The molecular weight excluding hydrogens is 360 g/mol. The molecule has 0 amide bonds. The lowest BCUT2D eigenvalue weighted by Crippen LogP contribution is -2.08. The quantitative estimate of drug-likeness (QED) is 0.229. The van der Waals surface area contributed by atoms with Crippen molar-refractivity contribution in [3.05, 3.63) is 72.2 Å². The number of imidazole rings is 1. The van der Waals surface area contributed by atoms with Crippen LogP contribution < -0.4 is 14.9 Å². The standard InChI is InChI=1S/C20H16N4O4/c1-26-18-11-13(8-9-16(18)28-19(25)17-7-4-10-27-17)12-21-24-20-22-14-5-2-3-6-15(14)23-20/h2-12H,1H3,(H2,22,23,24)/b21-12-. The highest BCUT2D eigenvalue weighted by atomic mass is 16.6. The summed E-state index contributed by atoms with van der Waals surface area (Å²) in [5, 5.41) is 4.17. The Balaban J connectivity index is 1.46. The van der Waals surface area contributed by atoms with Gasteiger partial charge in [-0.3, -0.25) is 0 Å². The van der Waals surface area contributed by atoms with Gasteiger partial charge in [-0.1, -0.05) is 12.1 Å². The number of esters is 1. The van der Waals surface area contributed by atoms with Gasteiger partial charge in [0.2, 0.25) is 11.7 Å². The molecule has 0 atom stereocenters. The number of fused-ring (bicyclic) bond motifs is 1. The third-order valence-electron chi connectivity index (χ3n) is 3.89. The van der Waals surface area contributed by atoms with Gasteiger partial charge in [0.05, 0.1) is 30.6 Å². The summed E-state index contributed by atoms with van der Waals surface area (Å²) in [6.45, 7) is 0. The number of hydrogen-bond donors (Lipinski definition) is 2. The van der Waals surface area contributed by atoms with Crippen molar-refractivity contribution in [1.29, 1.82) is 0 Å². The fraction of sp³-hybridized carbons (Fsp3) is 0.0500. The number of carbonyl (C=O) groups excluding carboxylic acids is 1. The number of anilines is 1. The lowest BCUT2D eigenvalue weighted by Gasteiger charge is -2.08. The van der Waals surface area contributed by atoms with E-state index >= 15 is 0 Å². The fourth-order valence-electron chi connectivity index (χ4n) is 2.57. The number of aromatic amines is 1. The maximum Gasteiger partial charge on any atom is 0.379 e. The molecule has 0 unspecified atom stereocenters. The van der Waals surface area contributed by atoms with Crippen molar-refractivity contribution >= 4 is 29.2 Å². The molecule has 0 aliphatic carbocycles. The summed E-state index contributed by atoms with van der Waals surface area (Å²) in [5.74, 6) is 0.728. The Hall–Kier alpha value is -4.07. The molecule has 4 aromatic rings. The first-order valence-electron chi connectivity index (χ1n) is 8.40. The summed E-state index contributed by atoms with van der Waals surface area (Å²) in [6, 6.07) is 15.9. The summed E-state index contributed by atoms with van der Waals surface area (Å²) >= 11 is 0. The van der Waals surface area contributed by atoms with Crippen LogP contribution in [0.5, 0.6) is 11.5 Å². The summed E-state index contributed by atoms with van der Waals surface area (Å²) < 4.78 is 15.6. The van der Waals surface area contributed by atoms with Crippen LogP contribution in [0.15, 0.2) is 70.4 Å². The molecule has 28 heavy (non-hydrogen) atoms. The number of carbonyl (C=O) groups is 1. The molecule has 0 fully saturated rings. The van der Waals surface area contributed by atoms with Crippen LogP contribution in [0, 0.1) is 0 Å². The van der Waals surface area contributed by atoms with Crippen molar-refractivity contribution in [2.45, 2.75) is 0 Å². The number of nitrogens with one attached hydrogen (secondary N) is 2. The molecule has 0 bridgehead atoms. The highest BCUT2D eigenvalue weighted by Gasteiger charge is 2.14. The number of H-pyrrole nitrogens is 1. The van der Waals surface area contributed by atoms with Gasteiger partial charge in [0.1, 0.15) is 0 Å². The van der Waals surface area contributed by atoms with Gasteiger partial charge in [-0.2, -0.15) is 5.10 Å². The Labute approximate surface area is 159 Å². The lowest BCUT2D eigenvalue weighted by molar-refractivity contribution is 0.0696. The van der Waals surface area contributed by atoms with E-state index in [0.717, 1.165) is 16.6 Å². The highest BCUT2D eigenvalue weighted by Crippen LogP contribution is 2.28. The van der Waals surface area contributed by atoms with Crippen molar-refractivity contribution in [1.82, 2.24) is 9.97 Å². The Kier molecular flexibility index (Phi) is 4.75. The number of furan rings is 1. The predicted molar refractivity (Wildman–Crippen MR) is 104 cm³/mol. The van der Waals surface area contributed by atoms with E-state index in [0.29, 0.717) is 11.7 Å². The van der Waals surface area contributed by atoms with Gasteiger partial charge in [-0.15, -0.1) is 0 Å². The molecule has 8 heteroatoms. The minimum Gasteiger partial charge on any atom is -0.493 e. The molecule has 0 saturated carbocycles. The molecule has 2 aromatic heterocycles. The number of hydrazone groups is 1. The molecule has 8 nitrogen and oxygen atoms in total. The maximum atomic E-state index is 12.0. The summed E-state index contributed by atoms with van der Waals surface area (Å²) in [6.07, 6.45) is 3.01. The molecule has 140 valence electrons. The van der Waals surface area contributed by atoms with Crippen molar-refractivity contribution in [3.63, 3.8) is 0 Å². The summed E-state index contributed by atoms with van der Waals surface area (Å²) in [7, 11) is 1.49. The lowest BCUT2D eigenvalue weighted by atomic mass is 10.2. The molecule has 0 spiro atoms. The normalized spacial score (nSPS) is 11.0. The van der Waals surface area contributed by atoms with E-state index in [1.807, 2.05) is 24.3 Å². The molecule has 0 radical (unpaired) electrons. The van der Waals surface area contributed by atoms with Gasteiger partial charge in [0.25, 0.3) is 0 Å². The van der Waals surface area contributed by atoms with Gasteiger partial charge in [0.15, 0.2) is 11.5 Å². The van der Waals surface area contributed by atoms with Gasteiger partial charge in [-0.05, 0) is 48.0 Å². The van der Waals surface area contributed by atoms with Crippen LogP contribution in [-0.2, 0) is 0 Å². The average Bonchev–Trinajstić information content (AvgIpc) is 3.38. The monoisotopic (exact) mass is 376 g/mol. The molecule has 2 N–H and O–H groups in total. The van der Waals surface area contributed by atoms with Crippen LogP contribution in [0.2, 0.25) is 0 Å².